The van der Waals surface area contributed by atoms with E-state index in [2.05, 4.69) is 10.2 Å². The molecule has 29 heavy (non-hydrogen) atoms. The second-order valence-electron chi connectivity index (χ2n) is 7.53. The van der Waals surface area contributed by atoms with Crippen molar-refractivity contribution in [2.24, 2.45) is 5.92 Å². The van der Waals surface area contributed by atoms with Gasteiger partial charge in [-0.25, -0.2) is 0 Å². The Bertz CT molecular complexity index is 822. The molecule has 7 heteroatoms. The topological polar surface area (TPSA) is 52.6 Å². The van der Waals surface area contributed by atoms with E-state index in [0.29, 0.717) is 30.3 Å². The molecule has 0 spiro atoms. The zero-order valence-electron chi connectivity index (χ0n) is 16.1. The summed E-state index contributed by atoms with van der Waals surface area (Å²) >= 11 is 0. The lowest BCUT2D eigenvalue weighted by Gasteiger charge is -2.32. The van der Waals surface area contributed by atoms with Crippen LogP contribution in [0, 0.1) is 5.92 Å². The molecule has 2 aromatic carbocycles. The summed E-state index contributed by atoms with van der Waals surface area (Å²) in [5.74, 6) is 0.487. The van der Waals surface area contributed by atoms with E-state index in [0.717, 1.165) is 50.0 Å². The summed E-state index contributed by atoms with van der Waals surface area (Å²) < 4.78 is 37.8. The van der Waals surface area contributed by atoms with Gasteiger partial charge in [0.05, 0.1) is 5.56 Å². The van der Waals surface area contributed by atoms with Gasteiger partial charge in [0.1, 0.15) is 5.75 Å². The number of phenolic OH excluding ortho intramolecular Hbond substituents is 1. The Morgan fingerprint density at radius 2 is 1.86 bits per heavy atom. The highest BCUT2D eigenvalue weighted by atomic mass is 19.4. The maximum absolute atomic E-state index is 12.6. The quantitative estimate of drug-likeness (QED) is 0.707. The lowest BCUT2D eigenvalue weighted by atomic mass is 9.93. The number of carbonyl (C=O) groups is 1. The molecule has 2 N–H and O–H groups in total. The Balaban J connectivity index is 1.45. The number of piperidine rings is 1. The second kappa shape index (κ2) is 9.31. The number of halogens is 3. The molecule has 0 aliphatic carbocycles. The van der Waals surface area contributed by atoms with Gasteiger partial charge in [0.2, 0.25) is 5.91 Å². The number of likely N-dealkylation sites (tertiary alicyclic amines) is 1. The smallest absolute Gasteiger partial charge is 0.416 e. The van der Waals surface area contributed by atoms with Crippen LogP contribution in [0.25, 0.3) is 0 Å². The van der Waals surface area contributed by atoms with E-state index in [4.69, 9.17) is 0 Å². The number of carbonyl (C=O) groups excluding carboxylic acids is 1. The van der Waals surface area contributed by atoms with Crippen molar-refractivity contribution in [1.82, 2.24) is 4.90 Å². The maximum Gasteiger partial charge on any atom is 0.416 e. The Labute approximate surface area is 168 Å². The van der Waals surface area contributed by atoms with Crippen LogP contribution in [-0.2, 0) is 17.5 Å². The second-order valence-corrected chi connectivity index (χ2v) is 7.53. The average Bonchev–Trinajstić information content (AvgIpc) is 2.68. The number of anilines is 1. The number of phenols is 1. The predicted octanol–water partition coefficient (Wildman–Crippen LogP) is 5.04. The molecule has 1 saturated heterocycles. The first kappa shape index (κ1) is 21.2. The molecule has 0 bridgehead atoms. The predicted molar refractivity (Wildman–Crippen MR) is 105 cm³/mol. The van der Waals surface area contributed by atoms with Crippen LogP contribution in [0.15, 0.2) is 48.5 Å². The third-order valence-corrected chi connectivity index (χ3v) is 5.26. The van der Waals surface area contributed by atoms with Gasteiger partial charge < -0.3 is 10.4 Å². The number of alkyl halides is 3. The number of benzene rings is 2. The highest BCUT2D eigenvalue weighted by molar-refractivity contribution is 5.90. The van der Waals surface area contributed by atoms with Crippen LogP contribution in [0.5, 0.6) is 5.75 Å². The standard InChI is InChI=1S/C22H25F3N2O2/c23-22(24,25)18-8-10-19(11-9-18)26-21(29)12-7-16-4-3-13-27(14-16)15-17-5-1-2-6-20(17)28/h1-2,5-6,8-11,16,28H,3-4,7,12-15H2,(H,26,29)/t16-/m1/s1. The Morgan fingerprint density at radius 3 is 2.55 bits per heavy atom. The van der Waals surface area contributed by atoms with Gasteiger partial charge in [0.15, 0.2) is 0 Å². The van der Waals surface area contributed by atoms with Crippen LogP contribution >= 0.6 is 0 Å². The van der Waals surface area contributed by atoms with Gasteiger partial charge in [-0.2, -0.15) is 13.2 Å². The van der Waals surface area contributed by atoms with Crippen molar-refractivity contribution in [3.63, 3.8) is 0 Å². The van der Waals surface area contributed by atoms with Crippen molar-refractivity contribution in [2.45, 2.75) is 38.4 Å². The van der Waals surface area contributed by atoms with Crippen LogP contribution in [0.2, 0.25) is 0 Å². The molecule has 1 amide bonds. The molecule has 1 aliphatic rings. The zero-order valence-corrected chi connectivity index (χ0v) is 16.1. The first-order valence-electron chi connectivity index (χ1n) is 9.77. The Kier molecular flexibility index (Phi) is 6.79. The van der Waals surface area contributed by atoms with E-state index in [1.165, 1.54) is 12.1 Å². The van der Waals surface area contributed by atoms with Crippen molar-refractivity contribution < 1.29 is 23.1 Å². The van der Waals surface area contributed by atoms with E-state index < -0.39 is 11.7 Å². The van der Waals surface area contributed by atoms with Crippen LogP contribution in [0.3, 0.4) is 0 Å². The summed E-state index contributed by atoms with van der Waals surface area (Å²) in [6.07, 6.45) is -1.24. The van der Waals surface area contributed by atoms with Gasteiger partial charge in [-0.15, -0.1) is 0 Å². The molecule has 0 radical (unpaired) electrons. The Morgan fingerprint density at radius 1 is 1.14 bits per heavy atom. The highest BCUT2D eigenvalue weighted by Crippen LogP contribution is 2.30. The van der Waals surface area contributed by atoms with E-state index in [-0.39, 0.29) is 5.91 Å². The van der Waals surface area contributed by atoms with Crippen molar-refractivity contribution in [3.05, 3.63) is 59.7 Å². The van der Waals surface area contributed by atoms with Gasteiger partial charge in [-0.3, -0.25) is 9.69 Å². The maximum atomic E-state index is 12.6. The Hall–Kier alpha value is -2.54. The van der Waals surface area contributed by atoms with Gasteiger partial charge in [-0.1, -0.05) is 18.2 Å². The normalized spacial score (nSPS) is 17.8. The van der Waals surface area contributed by atoms with Gasteiger partial charge in [-0.05, 0) is 62.1 Å². The zero-order chi connectivity index (χ0) is 20.9. The molecule has 0 saturated carbocycles. The number of amides is 1. The van der Waals surface area contributed by atoms with E-state index in [9.17, 15) is 23.1 Å². The van der Waals surface area contributed by atoms with Gasteiger partial charge in [0.25, 0.3) is 0 Å². The monoisotopic (exact) mass is 406 g/mol. The summed E-state index contributed by atoms with van der Waals surface area (Å²) in [5, 5.41) is 12.6. The van der Waals surface area contributed by atoms with E-state index in [1.54, 1.807) is 12.1 Å². The number of nitrogens with zero attached hydrogens (tertiary/aromatic N) is 1. The van der Waals surface area contributed by atoms with Crippen molar-refractivity contribution in [1.29, 1.82) is 0 Å². The number of para-hydroxylation sites is 1. The summed E-state index contributed by atoms with van der Waals surface area (Å²) in [7, 11) is 0. The third kappa shape index (κ3) is 6.22. The van der Waals surface area contributed by atoms with E-state index >= 15 is 0 Å². The molecular formula is C22H25F3N2O2. The number of hydrogen-bond acceptors (Lipinski definition) is 3. The van der Waals surface area contributed by atoms with Crippen molar-refractivity contribution in [2.75, 3.05) is 18.4 Å². The molecular weight excluding hydrogens is 381 g/mol. The number of aromatic hydroxyl groups is 1. The van der Waals surface area contributed by atoms with Crippen LogP contribution in [0.1, 0.15) is 36.8 Å². The number of hydrogen-bond donors (Lipinski definition) is 2. The molecule has 1 fully saturated rings. The van der Waals surface area contributed by atoms with Gasteiger partial charge in [0, 0.05) is 30.8 Å². The lowest BCUT2D eigenvalue weighted by Crippen LogP contribution is -2.35. The van der Waals surface area contributed by atoms with Crippen LogP contribution in [0.4, 0.5) is 18.9 Å². The lowest BCUT2D eigenvalue weighted by molar-refractivity contribution is -0.137. The summed E-state index contributed by atoms with van der Waals surface area (Å²) in [6, 6.07) is 11.8. The minimum absolute atomic E-state index is 0.192. The molecule has 4 nitrogen and oxygen atoms in total. The SMILES string of the molecule is O=C(CC[C@H]1CCCN(Cc2ccccc2O)C1)Nc1ccc(C(F)(F)F)cc1. The van der Waals surface area contributed by atoms with Gasteiger partial charge >= 0.3 is 6.18 Å². The fourth-order valence-corrected chi connectivity index (χ4v) is 3.72. The van der Waals surface area contributed by atoms with E-state index in [1.807, 2.05) is 12.1 Å². The minimum Gasteiger partial charge on any atom is -0.508 e. The highest BCUT2D eigenvalue weighted by Gasteiger charge is 2.30. The molecule has 1 aliphatic heterocycles. The van der Waals surface area contributed by atoms with Crippen molar-refractivity contribution in [3.8, 4) is 5.75 Å². The van der Waals surface area contributed by atoms with Crippen LogP contribution in [-0.4, -0.2) is 29.0 Å². The largest absolute Gasteiger partial charge is 0.508 e. The number of nitrogens with one attached hydrogen (secondary N) is 1. The summed E-state index contributed by atoms with van der Waals surface area (Å²) in [4.78, 5) is 14.5. The molecule has 3 rings (SSSR count). The fraction of sp³-hybridized carbons (Fsp3) is 0.409. The first-order chi connectivity index (χ1) is 13.8. The molecule has 1 heterocycles. The molecule has 0 unspecified atom stereocenters. The van der Waals surface area contributed by atoms with Crippen molar-refractivity contribution >= 4 is 11.6 Å². The summed E-state index contributed by atoms with van der Waals surface area (Å²) in [5.41, 5.74) is 0.531. The number of rotatable bonds is 6. The minimum atomic E-state index is -4.38. The molecule has 156 valence electrons. The molecule has 2 aromatic rings. The average molecular weight is 406 g/mol. The third-order valence-electron chi connectivity index (χ3n) is 5.26. The first-order valence-corrected chi connectivity index (χ1v) is 9.77. The molecule has 0 aromatic heterocycles. The fourth-order valence-electron chi connectivity index (χ4n) is 3.72. The van der Waals surface area contributed by atoms with Crippen LogP contribution < -0.4 is 5.32 Å². The molecule has 1 atom stereocenters. The summed E-state index contributed by atoms with van der Waals surface area (Å²) in [6.45, 7) is 2.51.